The van der Waals surface area contributed by atoms with E-state index >= 15 is 0 Å². The maximum Gasteiger partial charge on any atom is 0.305 e. The number of quaternary nitrogens is 1. The zero-order chi connectivity index (χ0) is 17.0. The van der Waals surface area contributed by atoms with Crippen molar-refractivity contribution in [2.24, 2.45) is 0 Å². The third-order valence-electron chi connectivity index (χ3n) is 4.21. The van der Waals surface area contributed by atoms with Crippen molar-refractivity contribution in [3.63, 3.8) is 0 Å². The van der Waals surface area contributed by atoms with Crippen molar-refractivity contribution in [1.82, 2.24) is 4.90 Å². The van der Waals surface area contributed by atoms with Crippen LogP contribution in [0.5, 0.6) is 0 Å². The number of anilines is 2. The van der Waals surface area contributed by atoms with Crippen LogP contribution in [0.1, 0.15) is 6.92 Å². The Balaban J connectivity index is 0.00000288. The van der Waals surface area contributed by atoms with E-state index in [4.69, 9.17) is 0 Å². The molecule has 1 aromatic carbocycles. The fourth-order valence-electron chi connectivity index (χ4n) is 2.66. The van der Waals surface area contributed by atoms with Crippen molar-refractivity contribution in [2.75, 3.05) is 57.2 Å². The molecule has 0 spiro atoms. The van der Waals surface area contributed by atoms with Gasteiger partial charge in [-0.1, -0.05) is 6.07 Å². The molecule has 24 heavy (non-hydrogen) atoms. The number of carbonyl (C=O) groups excluding carboxylic acids is 2. The van der Waals surface area contributed by atoms with Gasteiger partial charge in [-0.15, -0.1) is 0 Å². The number of benzene rings is 1. The van der Waals surface area contributed by atoms with E-state index in [0.717, 1.165) is 26.2 Å². The molecule has 2 N–H and O–H groups in total. The number of amides is 2. The van der Waals surface area contributed by atoms with Gasteiger partial charge in [-0.25, -0.2) is 0 Å². The second kappa shape index (κ2) is 8.43. The van der Waals surface area contributed by atoms with Crippen molar-refractivity contribution in [3.05, 3.63) is 24.3 Å². The van der Waals surface area contributed by atoms with E-state index in [2.05, 4.69) is 17.3 Å². The molecule has 1 heterocycles. The van der Waals surface area contributed by atoms with Crippen LogP contribution in [-0.4, -0.2) is 73.2 Å². The molecule has 8 heteroatoms. The van der Waals surface area contributed by atoms with Crippen molar-refractivity contribution >= 4 is 23.2 Å². The minimum absolute atomic E-state index is 0. The van der Waals surface area contributed by atoms with Gasteiger partial charge in [0.1, 0.15) is 0 Å². The lowest BCUT2D eigenvalue weighted by molar-refractivity contribution is -0.906. The highest BCUT2D eigenvalue weighted by Crippen LogP contribution is 2.19. The van der Waals surface area contributed by atoms with Gasteiger partial charge in [0.25, 0.3) is 0 Å². The summed E-state index contributed by atoms with van der Waals surface area (Å²) in [6.45, 7) is 5.28. The summed E-state index contributed by atoms with van der Waals surface area (Å²) in [4.78, 5) is 25.7. The SMILES string of the molecule is CC(=O)Nc1cccc(N(O)C(=O)C[N+]2(C)CCN(C)CC2)c1.[Cl-]. The topological polar surface area (TPSA) is 72.9 Å². The van der Waals surface area contributed by atoms with Crippen LogP contribution in [0, 0.1) is 0 Å². The van der Waals surface area contributed by atoms with E-state index in [1.807, 2.05) is 7.05 Å². The molecule has 1 aliphatic rings. The minimum atomic E-state index is -0.350. The summed E-state index contributed by atoms with van der Waals surface area (Å²) in [7, 11) is 4.10. The lowest BCUT2D eigenvalue weighted by Crippen LogP contribution is -3.00. The molecule has 134 valence electrons. The molecule has 2 rings (SSSR count). The molecule has 1 fully saturated rings. The van der Waals surface area contributed by atoms with Crippen LogP contribution in [0.25, 0.3) is 0 Å². The summed E-state index contributed by atoms with van der Waals surface area (Å²) in [5.41, 5.74) is 0.892. The molecule has 0 atom stereocenters. The summed E-state index contributed by atoms with van der Waals surface area (Å²) < 4.78 is 0.617. The predicted octanol–water partition coefficient (Wildman–Crippen LogP) is -2.24. The van der Waals surface area contributed by atoms with E-state index in [0.29, 0.717) is 20.9 Å². The fourth-order valence-corrected chi connectivity index (χ4v) is 2.66. The third-order valence-corrected chi connectivity index (χ3v) is 4.21. The molecule has 1 saturated heterocycles. The van der Waals surface area contributed by atoms with Crippen LogP contribution < -0.4 is 22.8 Å². The first-order chi connectivity index (χ1) is 10.8. The molecule has 0 aliphatic carbocycles. The number of nitrogens with one attached hydrogen (secondary N) is 1. The van der Waals surface area contributed by atoms with Crippen molar-refractivity contribution in [2.45, 2.75) is 6.92 Å². The number of piperazine rings is 1. The van der Waals surface area contributed by atoms with Crippen molar-refractivity contribution in [1.29, 1.82) is 0 Å². The van der Waals surface area contributed by atoms with E-state index in [1.54, 1.807) is 24.3 Å². The Kier molecular flexibility index (Phi) is 7.16. The highest BCUT2D eigenvalue weighted by molar-refractivity contribution is 5.94. The molecule has 0 saturated carbocycles. The summed E-state index contributed by atoms with van der Waals surface area (Å²) in [5, 5.41) is 13.5. The molecular weight excluding hydrogens is 332 g/mol. The number of hydrogen-bond donors (Lipinski definition) is 2. The van der Waals surface area contributed by atoms with Crippen LogP contribution >= 0.6 is 0 Å². The van der Waals surface area contributed by atoms with Gasteiger partial charge in [-0.2, -0.15) is 5.06 Å². The van der Waals surface area contributed by atoms with E-state index in [1.165, 1.54) is 6.92 Å². The van der Waals surface area contributed by atoms with E-state index < -0.39 is 0 Å². The second-order valence-electron chi connectivity index (χ2n) is 6.47. The maximum atomic E-state index is 12.4. The second-order valence-corrected chi connectivity index (χ2v) is 6.47. The number of rotatable bonds is 4. The zero-order valence-corrected chi connectivity index (χ0v) is 15.1. The summed E-state index contributed by atoms with van der Waals surface area (Å²) in [5.74, 6) is -0.550. The maximum absolute atomic E-state index is 12.4. The number of likely N-dealkylation sites (N-methyl/N-ethyl adjacent to an activating group) is 2. The standard InChI is InChI=1S/C16H24N4O3.ClH/c1-13(21)17-14-5-4-6-15(11-14)19(23)16(22)12-20(3)9-7-18(2)8-10-20;/h4-6,11,23H,7-10,12H2,1-3H3;1H. The minimum Gasteiger partial charge on any atom is -1.00 e. The molecule has 7 nitrogen and oxygen atoms in total. The van der Waals surface area contributed by atoms with Gasteiger partial charge in [0.05, 0.1) is 25.8 Å². The normalized spacial score (nSPS) is 16.8. The number of carbonyl (C=O) groups is 2. The number of nitrogens with zero attached hydrogens (tertiary/aromatic N) is 3. The smallest absolute Gasteiger partial charge is 0.305 e. The molecule has 0 aromatic heterocycles. The van der Waals surface area contributed by atoms with Crippen LogP contribution in [-0.2, 0) is 9.59 Å². The summed E-state index contributed by atoms with van der Waals surface area (Å²) in [6.07, 6.45) is 0. The molecule has 0 radical (unpaired) electrons. The van der Waals surface area contributed by atoms with Crippen molar-refractivity contribution < 1.29 is 31.7 Å². The van der Waals surface area contributed by atoms with Crippen LogP contribution in [0.15, 0.2) is 24.3 Å². The van der Waals surface area contributed by atoms with Gasteiger partial charge >= 0.3 is 5.91 Å². The Morgan fingerprint density at radius 2 is 1.96 bits per heavy atom. The number of halogens is 1. The monoisotopic (exact) mass is 356 g/mol. The van der Waals surface area contributed by atoms with Gasteiger partial charge < -0.3 is 22.2 Å². The van der Waals surface area contributed by atoms with Gasteiger partial charge in [0, 0.05) is 25.7 Å². The average Bonchev–Trinajstić information content (AvgIpc) is 2.49. The average molecular weight is 357 g/mol. The first-order valence-corrected chi connectivity index (χ1v) is 7.71. The van der Waals surface area contributed by atoms with Gasteiger partial charge in [-0.05, 0) is 25.2 Å². The lowest BCUT2D eigenvalue weighted by atomic mass is 10.2. The Labute approximate surface area is 148 Å². The largest absolute Gasteiger partial charge is 1.00 e. The zero-order valence-electron chi connectivity index (χ0n) is 14.3. The predicted molar refractivity (Wildman–Crippen MR) is 88.3 cm³/mol. The van der Waals surface area contributed by atoms with Gasteiger partial charge in [0.15, 0.2) is 6.54 Å². The molecule has 1 aliphatic heterocycles. The van der Waals surface area contributed by atoms with Crippen LogP contribution in [0.4, 0.5) is 11.4 Å². The molecule has 0 bridgehead atoms. The van der Waals surface area contributed by atoms with Gasteiger partial charge in [-0.3, -0.25) is 19.7 Å². The van der Waals surface area contributed by atoms with E-state index in [9.17, 15) is 14.8 Å². The highest BCUT2D eigenvalue weighted by atomic mass is 35.5. The first-order valence-electron chi connectivity index (χ1n) is 7.71. The highest BCUT2D eigenvalue weighted by Gasteiger charge is 2.31. The summed E-state index contributed by atoms with van der Waals surface area (Å²) >= 11 is 0. The Hall–Kier alpha value is -1.67. The molecule has 0 unspecified atom stereocenters. The number of hydrogen-bond acceptors (Lipinski definition) is 4. The van der Waals surface area contributed by atoms with Crippen molar-refractivity contribution in [3.8, 4) is 0 Å². The van der Waals surface area contributed by atoms with Gasteiger partial charge in [0.2, 0.25) is 5.91 Å². The lowest BCUT2D eigenvalue weighted by Gasteiger charge is -2.40. The quantitative estimate of drug-likeness (QED) is 0.364. The molecule has 1 aromatic rings. The fraction of sp³-hybridized carbons (Fsp3) is 0.500. The van der Waals surface area contributed by atoms with E-state index in [-0.39, 0.29) is 30.8 Å². The Morgan fingerprint density at radius 1 is 1.33 bits per heavy atom. The molecule has 2 amide bonds. The summed E-state index contributed by atoms with van der Waals surface area (Å²) in [6, 6.07) is 6.59. The van der Waals surface area contributed by atoms with Crippen LogP contribution in [0.3, 0.4) is 0 Å². The molecular formula is C16H25ClN4O3. The first kappa shape index (κ1) is 20.4. The third kappa shape index (κ3) is 5.45. The Bertz CT molecular complexity index is 588. The number of hydroxylamine groups is 1. The van der Waals surface area contributed by atoms with Crippen LogP contribution in [0.2, 0.25) is 0 Å². The Morgan fingerprint density at radius 3 is 2.54 bits per heavy atom.